The van der Waals surface area contributed by atoms with Gasteiger partial charge in [0, 0.05) is 18.4 Å². The third-order valence-electron chi connectivity index (χ3n) is 3.87. The standard InChI is InChI=1S/C19H19N3O3/c1-25-14-11-9-13(10-12-14)17(23)7-4-8-18(24)22-19-20-15-5-2-3-6-16(15)21-19/h2-3,5-6,9-12H,4,7-8H2,1H3,(H2,20,21,22,24). The first-order chi connectivity index (χ1) is 12.2. The number of H-pyrrole nitrogens is 1. The lowest BCUT2D eigenvalue weighted by Crippen LogP contribution is -2.13. The summed E-state index contributed by atoms with van der Waals surface area (Å²) in [5, 5.41) is 2.73. The molecule has 0 fully saturated rings. The van der Waals surface area contributed by atoms with Crippen LogP contribution in [0.1, 0.15) is 29.6 Å². The molecule has 2 N–H and O–H groups in total. The summed E-state index contributed by atoms with van der Waals surface area (Å²) in [5.41, 5.74) is 2.29. The first-order valence-electron chi connectivity index (χ1n) is 8.07. The minimum atomic E-state index is -0.165. The van der Waals surface area contributed by atoms with E-state index < -0.39 is 0 Å². The second kappa shape index (κ2) is 7.61. The zero-order chi connectivity index (χ0) is 17.6. The summed E-state index contributed by atoms with van der Waals surface area (Å²) in [7, 11) is 1.58. The van der Waals surface area contributed by atoms with E-state index in [9.17, 15) is 9.59 Å². The first-order valence-corrected chi connectivity index (χ1v) is 8.07. The zero-order valence-corrected chi connectivity index (χ0v) is 13.9. The van der Waals surface area contributed by atoms with Gasteiger partial charge in [0.15, 0.2) is 5.78 Å². The van der Waals surface area contributed by atoms with Gasteiger partial charge in [-0.05, 0) is 42.8 Å². The highest BCUT2D eigenvalue weighted by Crippen LogP contribution is 2.15. The quantitative estimate of drug-likeness (QED) is 0.646. The second-order valence-corrected chi connectivity index (χ2v) is 5.66. The minimum Gasteiger partial charge on any atom is -0.497 e. The van der Waals surface area contributed by atoms with E-state index >= 15 is 0 Å². The maximum absolute atomic E-state index is 12.1. The van der Waals surface area contributed by atoms with E-state index in [1.807, 2.05) is 24.3 Å². The predicted octanol–water partition coefficient (Wildman–Crippen LogP) is 3.56. The summed E-state index contributed by atoms with van der Waals surface area (Å²) >= 11 is 0. The molecule has 0 bridgehead atoms. The molecule has 0 saturated carbocycles. The van der Waals surface area contributed by atoms with Crippen molar-refractivity contribution in [3.8, 4) is 5.75 Å². The van der Waals surface area contributed by atoms with Crippen LogP contribution in [0.15, 0.2) is 48.5 Å². The average molecular weight is 337 g/mol. The third-order valence-corrected chi connectivity index (χ3v) is 3.87. The van der Waals surface area contributed by atoms with Crippen LogP contribution in [0.4, 0.5) is 5.95 Å². The Morgan fingerprint density at radius 2 is 1.84 bits per heavy atom. The number of nitrogens with zero attached hydrogens (tertiary/aromatic N) is 1. The number of fused-ring (bicyclic) bond motifs is 1. The van der Waals surface area contributed by atoms with E-state index in [1.165, 1.54) is 0 Å². The summed E-state index contributed by atoms with van der Waals surface area (Å²) in [5.74, 6) is 0.982. The Kier molecular flexibility index (Phi) is 5.09. The largest absolute Gasteiger partial charge is 0.497 e. The van der Waals surface area contributed by atoms with E-state index in [0.717, 1.165) is 11.0 Å². The fourth-order valence-corrected chi connectivity index (χ4v) is 2.54. The number of benzene rings is 2. The molecule has 6 heteroatoms. The molecule has 3 rings (SSSR count). The monoisotopic (exact) mass is 337 g/mol. The van der Waals surface area contributed by atoms with Gasteiger partial charge < -0.3 is 9.72 Å². The lowest BCUT2D eigenvalue weighted by atomic mass is 10.1. The number of imidazole rings is 1. The number of hydrogen-bond donors (Lipinski definition) is 2. The molecule has 0 aliphatic carbocycles. The van der Waals surface area contributed by atoms with Crippen LogP contribution in [0.5, 0.6) is 5.75 Å². The molecule has 3 aromatic rings. The van der Waals surface area contributed by atoms with Crippen LogP contribution in [-0.2, 0) is 4.79 Å². The Morgan fingerprint density at radius 1 is 1.08 bits per heavy atom. The van der Waals surface area contributed by atoms with Gasteiger partial charge in [-0.2, -0.15) is 0 Å². The molecule has 0 saturated heterocycles. The van der Waals surface area contributed by atoms with Crippen LogP contribution in [0, 0.1) is 0 Å². The fourth-order valence-electron chi connectivity index (χ4n) is 2.54. The maximum Gasteiger partial charge on any atom is 0.226 e. The van der Waals surface area contributed by atoms with Crippen molar-refractivity contribution in [3.63, 3.8) is 0 Å². The van der Waals surface area contributed by atoms with Gasteiger partial charge in [0.25, 0.3) is 0 Å². The van der Waals surface area contributed by atoms with Gasteiger partial charge in [0.05, 0.1) is 18.1 Å². The van der Waals surface area contributed by atoms with Crippen molar-refractivity contribution in [2.24, 2.45) is 0 Å². The van der Waals surface area contributed by atoms with Gasteiger partial charge in [0.1, 0.15) is 5.75 Å². The number of nitrogens with one attached hydrogen (secondary N) is 2. The van der Waals surface area contributed by atoms with Crippen LogP contribution in [0.2, 0.25) is 0 Å². The van der Waals surface area contributed by atoms with Crippen LogP contribution in [0.25, 0.3) is 11.0 Å². The number of para-hydroxylation sites is 2. The molecule has 0 atom stereocenters. The van der Waals surface area contributed by atoms with E-state index in [4.69, 9.17) is 4.74 Å². The van der Waals surface area contributed by atoms with Crippen molar-refractivity contribution < 1.29 is 14.3 Å². The Hall–Kier alpha value is -3.15. The summed E-state index contributed by atoms with van der Waals surface area (Å²) in [6.07, 6.45) is 1.07. The molecule has 1 aromatic heterocycles. The van der Waals surface area contributed by atoms with Crippen LogP contribution in [-0.4, -0.2) is 28.8 Å². The highest BCUT2D eigenvalue weighted by Gasteiger charge is 2.10. The molecular weight excluding hydrogens is 318 g/mol. The van der Waals surface area contributed by atoms with Gasteiger partial charge in [-0.1, -0.05) is 12.1 Å². The molecule has 128 valence electrons. The first kappa shape index (κ1) is 16.7. The third kappa shape index (κ3) is 4.23. The van der Waals surface area contributed by atoms with Crippen molar-refractivity contribution in [2.45, 2.75) is 19.3 Å². The normalized spacial score (nSPS) is 10.6. The summed E-state index contributed by atoms with van der Waals surface area (Å²) in [4.78, 5) is 31.4. The number of Topliss-reactive ketones (excluding diaryl/α,β-unsaturated/α-hetero) is 1. The van der Waals surface area contributed by atoms with Crippen molar-refractivity contribution in [1.82, 2.24) is 9.97 Å². The molecule has 25 heavy (non-hydrogen) atoms. The highest BCUT2D eigenvalue weighted by atomic mass is 16.5. The topological polar surface area (TPSA) is 84.1 Å². The van der Waals surface area contributed by atoms with Gasteiger partial charge in [-0.3, -0.25) is 14.9 Å². The van der Waals surface area contributed by atoms with Crippen molar-refractivity contribution in [2.75, 3.05) is 12.4 Å². The number of hydrogen-bond acceptors (Lipinski definition) is 4. The Balaban J connectivity index is 1.47. The molecule has 0 aliphatic rings. The molecule has 2 aromatic carbocycles. The van der Waals surface area contributed by atoms with Gasteiger partial charge in [-0.25, -0.2) is 4.98 Å². The second-order valence-electron chi connectivity index (χ2n) is 5.66. The number of carbonyl (C=O) groups is 2. The molecule has 0 unspecified atom stereocenters. The molecule has 0 radical (unpaired) electrons. The molecule has 0 aliphatic heterocycles. The van der Waals surface area contributed by atoms with Gasteiger partial charge in [0.2, 0.25) is 11.9 Å². The maximum atomic E-state index is 12.1. The van der Waals surface area contributed by atoms with Crippen molar-refractivity contribution in [1.29, 1.82) is 0 Å². The van der Waals surface area contributed by atoms with E-state index in [2.05, 4.69) is 15.3 Å². The van der Waals surface area contributed by atoms with E-state index in [0.29, 0.717) is 30.1 Å². The molecular formula is C19H19N3O3. The summed E-state index contributed by atoms with van der Waals surface area (Å²) in [6.45, 7) is 0. The summed E-state index contributed by atoms with van der Waals surface area (Å²) in [6, 6.07) is 14.5. The fraction of sp³-hybridized carbons (Fsp3) is 0.211. The number of amides is 1. The Morgan fingerprint density at radius 3 is 2.56 bits per heavy atom. The number of anilines is 1. The average Bonchev–Trinajstić information content (AvgIpc) is 3.03. The number of carbonyl (C=O) groups excluding carboxylic acids is 2. The lowest BCUT2D eigenvalue weighted by molar-refractivity contribution is -0.116. The number of aromatic amines is 1. The lowest BCUT2D eigenvalue weighted by Gasteiger charge is -2.04. The predicted molar refractivity (Wildman–Crippen MR) is 95.9 cm³/mol. The minimum absolute atomic E-state index is 0.0131. The number of methoxy groups -OCH3 is 1. The number of ketones is 1. The smallest absolute Gasteiger partial charge is 0.226 e. The number of rotatable bonds is 7. The molecule has 1 amide bonds. The van der Waals surface area contributed by atoms with Crippen molar-refractivity contribution in [3.05, 3.63) is 54.1 Å². The van der Waals surface area contributed by atoms with E-state index in [1.54, 1.807) is 31.4 Å². The van der Waals surface area contributed by atoms with E-state index in [-0.39, 0.29) is 18.1 Å². The molecule has 1 heterocycles. The highest BCUT2D eigenvalue weighted by molar-refractivity contribution is 5.97. The van der Waals surface area contributed by atoms with Crippen LogP contribution < -0.4 is 10.1 Å². The molecule has 0 spiro atoms. The Labute approximate surface area is 145 Å². The van der Waals surface area contributed by atoms with Crippen LogP contribution in [0.3, 0.4) is 0 Å². The van der Waals surface area contributed by atoms with Gasteiger partial charge in [-0.15, -0.1) is 0 Å². The summed E-state index contributed by atoms with van der Waals surface area (Å²) < 4.78 is 5.07. The number of aromatic nitrogens is 2. The van der Waals surface area contributed by atoms with Crippen molar-refractivity contribution >= 4 is 28.7 Å². The molecule has 6 nitrogen and oxygen atoms in total. The number of ether oxygens (including phenoxy) is 1. The SMILES string of the molecule is COc1ccc(C(=O)CCCC(=O)Nc2nc3ccccc3[nH]2)cc1. The van der Waals surface area contributed by atoms with Crippen LogP contribution >= 0.6 is 0 Å². The van der Waals surface area contributed by atoms with Gasteiger partial charge >= 0.3 is 0 Å². The Bertz CT molecular complexity index is 851. The zero-order valence-electron chi connectivity index (χ0n) is 13.9.